The molecule has 0 aliphatic carbocycles. The summed E-state index contributed by atoms with van der Waals surface area (Å²) >= 11 is 0. The Morgan fingerprint density at radius 2 is 1.39 bits per heavy atom. The number of nitrogens with one attached hydrogen (secondary N) is 1. The second-order valence-electron chi connectivity index (χ2n) is 7.43. The van der Waals surface area contributed by atoms with E-state index in [1.54, 1.807) is 42.5 Å². The molecule has 2 atom stereocenters. The molecule has 0 radical (unpaired) electrons. The highest BCUT2D eigenvalue weighted by atomic mass is 19.1. The molecule has 1 aliphatic rings. The highest BCUT2D eigenvalue weighted by molar-refractivity contribution is 6.22. The van der Waals surface area contributed by atoms with Crippen LogP contribution in [0, 0.1) is 5.82 Å². The normalized spacial score (nSPS) is 14.4. The van der Waals surface area contributed by atoms with Gasteiger partial charge in [0.2, 0.25) is 6.10 Å². The minimum absolute atomic E-state index is 0.204. The fraction of sp³-hybridized carbons (Fsp3) is 0.120. The average molecular weight is 446 g/mol. The van der Waals surface area contributed by atoms with Crippen LogP contribution in [0.4, 0.5) is 10.1 Å². The maximum Gasteiger partial charge on any atom is 0.330 e. The Morgan fingerprint density at radius 1 is 0.848 bits per heavy atom. The summed E-state index contributed by atoms with van der Waals surface area (Å²) in [6, 6.07) is 18.4. The third-order valence-electron chi connectivity index (χ3n) is 5.24. The molecule has 0 bridgehead atoms. The Balaban J connectivity index is 1.55. The quantitative estimate of drug-likeness (QED) is 0.460. The van der Waals surface area contributed by atoms with E-state index in [0.29, 0.717) is 11.3 Å². The molecular formula is C25H19FN2O5. The SMILES string of the molecule is CC(C(=O)OC(C(=O)Nc1ccc(F)cc1)c1ccccc1)N1C(=O)c2ccccc2C1=O. The van der Waals surface area contributed by atoms with Crippen LogP contribution in [-0.2, 0) is 14.3 Å². The molecule has 0 saturated heterocycles. The third kappa shape index (κ3) is 4.36. The largest absolute Gasteiger partial charge is 0.446 e. The number of esters is 1. The van der Waals surface area contributed by atoms with Gasteiger partial charge in [0.25, 0.3) is 17.7 Å². The second-order valence-corrected chi connectivity index (χ2v) is 7.43. The standard InChI is InChI=1S/C25H19FN2O5/c1-15(28-23(30)19-9-5-6-10-20(19)24(28)31)25(32)33-21(16-7-3-2-4-8-16)22(29)27-18-13-11-17(26)12-14-18/h2-15,21H,1H3,(H,27,29). The lowest BCUT2D eigenvalue weighted by molar-refractivity contribution is -0.158. The maximum atomic E-state index is 13.2. The van der Waals surface area contributed by atoms with Crippen molar-refractivity contribution < 1.29 is 28.3 Å². The lowest BCUT2D eigenvalue weighted by Crippen LogP contribution is -2.44. The number of halogens is 1. The number of carbonyl (C=O) groups excluding carboxylic acids is 4. The number of fused-ring (bicyclic) bond motifs is 1. The number of rotatable bonds is 6. The van der Waals surface area contributed by atoms with Gasteiger partial charge in [-0.15, -0.1) is 0 Å². The molecule has 33 heavy (non-hydrogen) atoms. The molecule has 1 aliphatic heterocycles. The lowest BCUT2D eigenvalue weighted by Gasteiger charge is -2.24. The van der Waals surface area contributed by atoms with Gasteiger partial charge in [-0.05, 0) is 43.3 Å². The average Bonchev–Trinajstić information content (AvgIpc) is 3.09. The zero-order valence-corrected chi connectivity index (χ0v) is 17.5. The van der Waals surface area contributed by atoms with Crippen molar-refractivity contribution >= 4 is 29.4 Å². The molecule has 8 heteroatoms. The van der Waals surface area contributed by atoms with Crippen LogP contribution >= 0.6 is 0 Å². The number of benzene rings is 3. The summed E-state index contributed by atoms with van der Waals surface area (Å²) in [5, 5.41) is 2.58. The number of anilines is 1. The highest BCUT2D eigenvalue weighted by Gasteiger charge is 2.42. The van der Waals surface area contributed by atoms with Crippen molar-refractivity contribution in [1.82, 2.24) is 4.90 Å². The van der Waals surface area contributed by atoms with Gasteiger partial charge >= 0.3 is 5.97 Å². The van der Waals surface area contributed by atoms with Crippen LogP contribution in [0.2, 0.25) is 0 Å². The van der Waals surface area contributed by atoms with E-state index in [2.05, 4.69) is 5.32 Å². The molecule has 1 heterocycles. The Bertz CT molecular complexity index is 1190. The van der Waals surface area contributed by atoms with Crippen molar-refractivity contribution in [2.24, 2.45) is 0 Å². The number of nitrogens with zero attached hydrogens (tertiary/aromatic N) is 1. The summed E-state index contributed by atoms with van der Waals surface area (Å²) in [5.41, 5.74) is 1.11. The predicted molar refractivity (Wildman–Crippen MR) is 117 cm³/mol. The van der Waals surface area contributed by atoms with E-state index < -0.39 is 41.7 Å². The fourth-order valence-electron chi connectivity index (χ4n) is 3.52. The smallest absolute Gasteiger partial charge is 0.330 e. The number of carbonyl (C=O) groups is 4. The van der Waals surface area contributed by atoms with E-state index in [4.69, 9.17) is 4.74 Å². The van der Waals surface area contributed by atoms with Crippen LogP contribution in [0.15, 0.2) is 78.9 Å². The zero-order chi connectivity index (χ0) is 23.5. The molecule has 0 aromatic heterocycles. The summed E-state index contributed by atoms with van der Waals surface area (Å²) in [4.78, 5) is 52.1. The van der Waals surface area contributed by atoms with Crippen molar-refractivity contribution in [3.8, 4) is 0 Å². The number of hydrogen-bond acceptors (Lipinski definition) is 5. The molecule has 166 valence electrons. The molecule has 4 rings (SSSR count). The molecule has 0 saturated carbocycles. The first-order valence-corrected chi connectivity index (χ1v) is 10.2. The van der Waals surface area contributed by atoms with Gasteiger partial charge in [-0.3, -0.25) is 19.3 Å². The first-order chi connectivity index (χ1) is 15.9. The number of ether oxygens (including phenoxy) is 1. The summed E-state index contributed by atoms with van der Waals surface area (Å²) in [5.74, 6) is -3.27. The van der Waals surface area contributed by atoms with Crippen LogP contribution < -0.4 is 5.32 Å². The molecule has 3 amide bonds. The second kappa shape index (κ2) is 9.04. The predicted octanol–water partition coefficient (Wildman–Crippen LogP) is 3.73. The summed E-state index contributed by atoms with van der Waals surface area (Å²) in [7, 11) is 0. The van der Waals surface area contributed by atoms with Gasteiger partial charge in [0, 0.05) is 11.3 Å². The van der Waals surface area contributed by atoms with E-state index in [-0.39, 0.29) is 11.1 Å². The van der Waals surface area contributed by atoms with Crippen LogP contribution in [0.1, 0.15) is 39.3 Å². The summed E-state index contributed by atoms with van der Waals surface area (Å²) < 4.78 is 18.7. The van der Waals surface area contributed by atoms with Gasteiger partial charge in [0.1, 0.15) is 11.9 Å². The minimum Gasteiger partial charge on any atom is -0.446 e. The molecule has 3 aromatic carbocycles. The fourth-order valence-corrected chi connectivity index (χ4v) is 3.52. The van der Waals surface area contributed by atoms with E-state index in [9.17, 15) is 23.6 Å². The Hall–Kier alpha value is -4.33. The van der Waals surface area contributed by atoms with Gasteiger partial charge < -0.3 is 10.1 Å². The lowest BCUT2D eigenvalue weighted by atomic mass is 10.1. The number of imide groups is 1. The van der Waals surface area contributed by atoms with Gasteiger partial charge in [0.15, 0.2) is 0 Å². The Morgan fingerprint density at radius 3 is 1.97 bits per heavy atom. The number of hydrogen-bond donors (Lipinski definition) is 1. The van der Waals surface area contributed by atoms with E-state index in [1.807, 2.05) is 0 Å². The van der Waals surface area contributed by atoms with E-state index in [1.165, 1.54) is 43.3 Å². The molecule has 0 fully saturated rings. The molecule has 0 spiro atoms. The number of amides is 3. The Labute approximate surface area is 188 Å². The highest BCUT2D eigenvalue weighted by Crippen LogP contribution is 2.27. The van der Waals surface area contributed by atoms with E-state index >= 15 is 0 Å². The Kier molecular flexibility index (Phi) is 5.99. The monoisotopic (exact) mass is 446 g/mol. The van der Waals surface area contributed by atoms with Crippen molar-refractivity contribution in [1.29, 1.82) is 0 Å². The maximum absolute atomic E-state index is 13.2. The van der Waals surface area contributed by atoms with Crippen LogP contribution in [0.5, 0.6) is 0 Å². The van der Waals surface area contributed by atoms with Crippen LogP contribution in [0.25, 0.3) is 0 Å². The summed E-state index contributed by atoms with van der Waals surface area (Å²) in [6.45, 7) is 1.37. The van der Waals surface area contributed by atoms with Crippen LogP contribution in [0.3, 0.4) is 0 Å². The minimum atomic E-state index is -1.36. The molecule has 3 aromatic rings. The van der Waals surface area contributed by atoms with Gasteiger partial charge in [-0.25, -0.2) is 9.18 Å². The molecule has 1 N–H and O–H groups in total. The first kappa shape index (κ1) is 21.9. The molecular weight excluding hydrogens is 427 g/mol. The molecule has 7 nitrogen and oxygen atoms in total. The van der Waals surface area contributed by atoms with Crippen molar-refractivity contribution in [3.63, 3.8) is 0 Å². The third-order valence-corrected chi connectivity index (χ3v) is 5.24. The molecule has 2 unspecified atom stereocenters. The van der Waals surface area contributed by atoms with Gasteiger partial charge in [0.05, 0.1) is 11.1 Å². The summed E-state index contributed by atoms with van der Waals surface area (Å²) in [6.07, 6.45) is -1.36. The van der Waals surface area contributed by atoms with Crippen molar-refractivity contribution in [2.45, 2.75) is 19.1 Å². The van der Waals surface area contributed by atoms with Crippen molar-refractivity contribution in [3.05, 3.63) is 101 Å². The zero-order valence-electron chi connectivity index (χ0n) is 17.5. The first-order valence-electron chi connectivity index (χ1n) is 10.2. The van der Waals surface area contributed by atoms with Crippen molar-refractivity contribution in [2.75, 3.05) is 5.32 Å². The van der Waals surface area contributed by atoms with Gasteiger partial charge in [-0.2, -0.15) is 0 Å². The topological polar surface area (TPSA) is 92.8 Å². The van der Waals surface area contributed by atoms with Gasteiger partial charge in [-0.1, -0.05) is 42.5 Å². The van der Waals surface area contributed by atoms with Crippen LogP contribution in [-0.4, -0.2) is 34.6 Å². The van der Waals surface area contributed by atoms with E-state index in [0.717, 1.165) is 4.90 Å².